The van der Waals surface area contributed by atoms with Crippen LogP contribution >= 0.6 is 0 Å². The van der Waals surface area contributed by atoms with E-state index >= 15 is 0 Å². The van der Waals surface area contributed by atoms with E-state index in [1.807, 2.05) is 11.9 Å². The minimum absolute atomic E-state index is 0.0919. The Kier molecular flexibility index (Phi) is 4.96. The zero-order valence-electron chi connectivity index (χ0n) is 11.9. The number of piperidine rings is 1. The molecule has 1 unspecified atom stereocenters. The minimum Gasteiger partial charge on any atom is -0.336 e. The van der Waals surface area contributed by atoms with E-state index < -0.39 is 0 Å². The summed E-state index contributed by atoms with van der Waals surface area (Å²) < 4.78 is 1.79. The van der Waals surface area contributed by atoms with Gasteiger partial charge in [-0.1, -0.05) is 13.3 Å². The van der Waals surface area contributed by atoms with Crippen molar-refractivity contribution in [1.29, 1.82) is 0 Å². The third kappa shape index (κ3) is 3.56. The van der Waals surface area contributed by atoms with E-state index in [0.29, 0.717) is 11.7 Å². The number of rotatable bonds is 5. The molecule has 2 rings (SSSR count). The molecule has 1 atom stereocenters. The van der Waals surface area contributed by atoms with Crippen LogP contribution in [-0.2, 0) is 7.05 Å². The maximum Gasteiger partial charge on any atom is 0.272 e. The summed E-state index contributed by atoms with van der Waals surface area (Å²) in [4.78, 5) is 18.5. The molecule has 0 aliphatic carbocycles. The number of aromatic nitrogens is 2. The van der Waals surface area contributed by atoms with Crippen molar-refractivity contribution >= 4 is 5.91 Å². The van der Waals surface area contributed by atoms with Gasteiger partial charge in [0.15, 0.2) is 0 Å². The van der Waals surface area contributed by atoms with E-state index in [4.69, 9.17) is 0 Å². The Bertz CT molecular complexity index is 409. The number of carbonyl (C=O) groups excluding carboxylic acids is 1. The summed E-state index contributed by atoms with van der Waals surface area (Å²) in [5.41, 5.74) is 0.671. The molecule has 5 nitrogen and oxygen atoms in total. The molecule has 106 valence electrons. The van der Waals surface area contributed by atoms with Crippen molar-refractivity contribution in [3.8, 4) is 0 Å². The molecular formula is C14H24N4O. The van der Waals surface area contributed by atoms with Crippen LogP contribution in [0.4, 0.5) is 0 Å². The fraction of sp³-hybridized carbons (Fsp3) is 0.714. The number of hydrogen-bond acceptors (Lipinski definition) is 3. The zero-order chi connectivity index (χ0) is 13.7. The predicted molar refractivity (Wildman–Crippen MR) is 75.0 cm³/mol. The summed E-state index contributed by atoms with van der Waals surface area (Å²) >= 11 is 0. The summed E-state index contributed by atoms with van der Waals surface area (Å²) in [6.45, 7) is 4.79. The number of aryl methyl sites for hydroxylation is 1. The number of nitrogens with one attached hydrogen (secondary N) is 1. The van der Waals surface area contributed by atoms with Gasteiger partial charge in [-0.3, -0.25) is 4.79 Å². The van der Waals surface area contributed by atoms with Crippen LogP contribution in [0.2, 0.25) is 0 Å². The first kappa shape index (κ1) is 14.1. The van der Waals surface area contributed by atoms with E-state index in [1.54, 1.807) is 17.1 Å². The van der Waals surface area contributed by atoms with Crippen molar-refractivity contribution in [2.24, 2.45) is 7.05 Å². The van der Waals surface area contributed by atoms with Gasteiger partial charge in [-0.25, -0.2) is 4.98 Å². The fourth-order valence-corrected chi connectivity index (χ4v) is 2.62. The third-order valence-electron chi connectivity index (χ3n) is 3.67. The van der Waals surface area contributed by atoms with Crippen molar-refractivity contribution in [3.63, 3.8) is 0 Å². The number of imidazole rings is 1. The van der Waals surface area contributed by atoms with Crippen LogP contribution in [0, 0.1) is 0 Å². The molecule has 0 bridgehead atoms. The monoisotopic (exact) mass is 264 g/mol. The van der Waals surface area contributed by atoms with E-state index in [-0.39, 0.29) is 5.91 Å². The number of carbonyl (C=O) groups is 1. The molecule has 1 fully saturated rings. The first-order chi connectivity index (χ1) is 9.22. The second kappa shape index (κ2) is 6.70. The quantitative estimate of drug-likeness (QED) is 0.875. The lowest BCUT2D eigenvalue weighted by molar-refractivity contribution is 0.0722. The van der Waals surface area contributed by atoms with Gasteiger partial charge in [-0.15, -0.1) is 0 Å². The SMILES string of the molecule is CCCN(CC1CCCCN1)C(=O)c1cncn1C. The van der Waals surface area contributed by atoms with Crippen molar-refractivity contribution in [2.75, 3.05) is 19.6 Å². The van der Waals surface area contributed by atoms with Crippen LogP contribution < -0.4 is 5.32 Å². The van der Waals surface area contributed by atoms with Crippen molar-refractivity contribution in [3.05, 3.63) is 18.2 Å². The topological polar surface area (TPSA) is 50.2 Å². The van der Waals surface area contributed by atoms with Crippen LogP contribution in [0.15, 0.2) is 12.5 Å². The average Bonchev–Trinajstić information content (AvgIpc) is 2.85. The van der Waals surface area contributed by atoms with Gasteiger partial charge in [0.1, 0.15) is 5.69 Å². The summed E-state index contributed by atoms with van der Waals surface area (Å²) in [6.07, 6.45) is 7.99. The van der Waals surface area contributed by atoms with Crippen LogP contribution in [0.1, 0.15) is 43.1 Å². The Balaban J connectivity index is 2.02. The van der Waals surface area contributed by atoms with Gasteiger partial charge < -0.3 is 14.8 Å². The Hall–Kier alpha value is -1.36. The predicted octanol–water partition coefficient (Wildman–Crippen LogP) is 1.41. The van der Waals surface area contributed by atoms with Crippen LogP contribution in [0.5, 0.6) is 0 Å². The van der Waals surface area contributed by atoms with Gasteiger partial charge in [-0.05, 0) is 25.8 Å². The molecule has 5 heteroatoms. The van der Waals surface area contributed by atoms with Crippen LogP contribution in [-0.4, -0.2) is 46.0 Å². The maximum absolute atomic E-state index is 12.5. The molecule has 19 heavy (non-hydrogen) atoms. The Labute approximate surface area is 115 Å². The fourth-order valence-electron chi connectivity index (χ4n) is 2.62. The summed E-state index contributed by atoms with van der Waals surface area (Å²) in [5, 5.41) is 3.51. The molecule has 1 amide bonds. The third-order valence-corrected chi connectivity index (χ3v) is 3.67. The highest BCUT2D eigenvalue weighted by Crippen LogP contribution is 2.11. The Morgan fingerprint density at radius 2 is 2.42 bits per heavy atom. The number of nitrogens with zero attached hydrogens (tertiary/aromatic N) is 3. The van der Waals surface area contributed by atoms with Crippen LogP contribution in [0.25, 0.3) is 0 Å². The molecule has 1 N–H and O–H groups in total. The second-order valence-electron chi connectivity index (χ2n) is 5.29. The summed E-state index contributed by atoms with van der Waals surface area (Å²) in [5.74, 6) is 0.0919. The molecule has 1 aromatic rings. The smallest absolute Gasteiger partial charge is 0.272 e. The Morgan fingerprint density at radius 1 is 1.58 bits per heavy atom. The lowest BCUT2D eigenvalue weighted by Gasteiger charge is -2.30. The van der Waals surface area contributed by atoms with Gasteiger partial charge >= 0.3 is 0 Å². The molecule has 1 saturated heterocycles. The average molecular weight is 264 g/mol. The first-order valence-electron chi connectivity index (χ1n) is 7.21. The molecule has 1 aliphatic heterocycles. The standard InChI is InChI=1S/C14H24N4O/c1-3-8-18(10-12-6-4-5-7-16-12)14(19)13-9-15-11-17(13)2/h9,11-12,16H,3-8,10H2,1-2H3. The first-order valence-corrected chi connectivity index (χ1v) is 7.21. The van der Waals surface area contributed by atoms with Gasteiger partial charge in [0.25, 0.3) is 5.91 Å². The van der Waals surface area contributed by atoms with Crippen LogP contribution in [0.3, 0.4) is 0 Å². The van der Waals surface area contributed by atoms with Crippen molar-refractivity contribution < 1.29 is 4.79 Å². The highest BCUT2D eigenvalue weighted by atomic mass is 16.2. The Morgan fingerprint density at radius 3 is 3.00 bits per heavy atom. The van der Waals surface area contributed by atoms with Crippen molar-refractivity contribution in [1.82, 2.24) is 19.8 Å². The number of hydrogen-bond donors (Lipinski definition) is 1. The lowest BCUT2D eigenvalue weighted by Crippen LogP contribution is -2.46. The summed E-state index contributed by atoms with van der Waals surface area (Å²) in [7, 11) is 1.86. The van der Waals surface area contributed by atoms with Gasteiger partial charge in [-0.2, -0.15) is 0 Å². The number of amides is 1. The second-order valence-corrected chi connectivity index (χ2v) is 5.29. The van der Waals surface area contributed by atoms with Gasteiger partial charge in [0.2, 0.25) is 0 Å². The highest BCUT2D eigenvalue weighted by molar-refractivity contribution is 5.92. The molecular weight excluding hydrogens is 240 g/mol. The lowest BCUT2D eigenvalue weighted by atomic mass is 10.0. The summed E-state index contributed by atoms with van der Waals surface area (Å²) in [6, 6.07) is 0.442. The van der Waals surface area contributed by atoms with Gasteiger partial charge in [0.05, 0.1) is 12.5 Å². The highest BCUT2D eigenvalue weighted by Gasteiger charge is 2.22. The molecule has 0 saturated carbocycles. The molecule has 0 spiro atoms. The minimum atomic E-state index is 0.0919. The largest absolute Gasteiger partial charge is 0.336 e. The van der Waals surface area contributed by atoms with E-state index in [2.05, 4.69) is 17.2 Å². The molecule has 1 aromatic heterocycles. The molecule has 0 radical (unpaired) electrons. The van der Waals surface area contributed by atoms with E-state index in [0.717, 1.165) is 26.1 Å². The maximum atomic E-state index is 12.5. The van der Waals surface area contributed by atoms with E-state index in [1.165, 1.54) is 19.3 Å². The zero-order valence-corrected chi connectivity index (χ0v) is 11.9. The normalized spacial score (nSPS) is 19.4. The van der Waals surface area contributed by atoms with Crippen molar-refractivity contribution in [2.45, 2.75) is 38.6 Å². The molecule has 0 aromatic carbocycles. The molecule has 2 heterocycles. The van der Waals surface area contributed by atoms with Gasteiger partial charge in [0, 0.05) is 26.2 Å². The van der Waals surface area contributed by atoms with E-state index in [9.17, 15) is 4.79 Å². The molecule has 1 aliphatic rings.